The van der Waals surface area contributed by atoms with Crippen LogP contribution in [0.3, 0.4) is 0 Å². The van der Waals surface area contributed by atoms with E-state index in [9.17, 15) is 29.4 Å². The van der Waals surface area contributed by atoms with Gasteiger partial charge in [-0.05, 0) is 97.1 Å². The molecule has 2 aliphatic rings. The van der Waals surface area contributed by atoms with E-state index in [0.29, 0.717) is 58.7 Å². The van der Waals surface area contributed by atoms with Crippen molar-refractivity contribution in [1.82, 2.24) is 14.8 Å². The highest BCUT2D eigenvalue weighted by molar-refractivity contribution is 7.10. The second-order valence-electron chi connectivity index (χ2n) is 13.2. The number of thiophene rings is 2. The molecule has 2 aromatic carbocycles. The number of aromatic nitrogens is 1. The number of nitrogens with zero attached hydrogens (tertiary/aromatic N) is 3. The maximum Gasteiger partial charge on any atom is 0.257 e. The van der Waals surface area contributed by atoms with Crippen LogP contribution in [-0.4, -0.2) is 73.8 Å². The van der Waals surface area contributed by atoms with E-state index in [1.165, 1.54) is 22.7 Å². The van der Waals surface area contributed by atoms with Gasteiger partial charge in [0.1, 0.15) is 0 Å². The summed E-state index contributed by atoms with van der Waals surface area (Å²) in [5.74, 6) is -0.226. The Balaban J connectivity index is 0.896. The van der Waals surface area contributed by atoms with Gasteiger partial charge < -0.3 is 35.1 Å². The first kappa shape index (κ1) is 36.2. The van der Waals surface area contributed by atoms with Crippen molar-refractivity contribution in [2.45, 2.75) is 62.8 Å². The van der Waals surface area contributed by atoms with Gasteiger partial charge in [0.25, 0.3) is 11.8 Å². The molecule has 5 heterocycles. The molecule has 0 aliphatic carbocycles. The summed E-state index contributed by atoms with van der Waals surface area (Å²) in [6.07, 6.45) is 2.43. The highest BCUT2D eigenvalue weighted by Gasteiger charge is 2.36. The van der Waals surface area contributed by atoms with E-state index in [0.717, 1.165) is 24.0 Å². The average molecular weight is 754 g/mol. The number of carbonyl (C=O) groups excluding carboxylic acids is 4. The van der Waals surface area contributed by atoms with E-state index < -0.39 is 12.2 Å². The largest absolute Gasteiger partial charge is 0.436 e. The lowest BCUT2D eigenvalue weighted by Gasteiger charge is -2.26. The van der Waals surface area contributed by atoms with E-state index in [1.807, 2.05) is 22.9 Å². The maximum atomic E-state index is 12.9. The summed E-state index contributed by atoms with van der Waals surface area (Å²) in [5, 5.41) is 30.5. The number of aliphatic hydroxyl groups is 2. The van der Waals surface area contributed by atoms with Crippen molar-refractivity contribution in [2.75, 3.05) is 23.7 Å². The molecule has 0 spiro atoms. The van der Waals surface area contributed by atoms with Gasteiger partial charge in [-0.2, -0.15) is 0 Å². The Morgan fingerprint density at radius 3 is 1.64 bits per heavy atom. The fourth-order valence-corrected chi connectivity index (χ4v) is 8.34. The molecule has 5 aromatic rings. The van der Waals surface area contributed by atoms with Crippen molar-refractivity contribution in [3.63, 3.8) is 0 Å². The van der Waals surface area contributed by atoms with E-state index in [-0.39, 0.29) is 48.6 Å². The van der Waals surface area contributed by atoms with Crippen LogP contribution in [0.25, 0.3) is 22.8 Å². The Labute approximate surface area is 314 Å². The van der Waals surface area contributed by atoms with Gasteiger partial charge in [0, 0.05) is 70.3 Å². The number of likely N-dealkylation sites (tertiary alicyclic amines) is 2. The minimum atomic E-state index is -1.22. The topological polar surface area (TPSA) is 165 Å². The molecule has 2 fully saturated rings. The molecule has 14 heteroatoms. The fourth-order valence-electron chi connectivity index (χ4n) is 6.93. The molecule has 4 atom stereocenters. The number of carbonyl (C=O) groups is 4. The second kappa shape index (κ2) is 16.3. The third-order valence-electron chi connectivity index (χ3n) is 9.63. The van der Waals surface area contributed by atoms with Gasteiger partial charge in [0.05, 0.1) is 6.20 Å². The van der Waals surface area contributed by atoms with Crippen LogP contribution in [0.5, 0.6) is 0 Å². The zero-order valence-corrected chi connectivity index (χ0v) is 30.4. The molecule has 2 unspecified atom stereocenters. The third kappa shape index (κ3) is 8.41. The quantitative estimate of drug-likeness (QED) is 0.116. The number of rotatable bonds is 12. The molecule has 0 bridgehead atoms. The Morgan fingerprint density at radius 2 is 1.19 bits per heavy atom. The Morgan fingerprint density at radius 1 is 0.717 bits per heavy atom. The Bertz CT molecular complexity index is 1890. The minimum Gasteiger partial charge on any atom is -0.436 e. The lowest BCUT2D eigenvalue weighted by molar-refractivity contribution is -0.142. The number of nitrogens with one attached hydrogen (secondary N) is 2. The molecule has 4 N–H and O–H groups in total. The van der Waals surface area contributed by atoms with Crippen LogP contribution < -0.4 is 10.6 Å². The van der Waals surface area contributed by atoms with Crippen LogP contribution in [-0.2, 0) is 19.2 Å². The minimum absolute atomic E-state index is 0.137. The van der Waals surface area contributed by atoms with Crippen LogP contribution in [0.15, 0.2) is 94.2 Å². The Hall–Kier alpha value is -5.15. The summed E-state index contributed by atoms with van der Waals surface area (Å²) < 4.78 is 6.04. The molecule has 7 rings (SSSR count). The molecule has 3 aromatic heterocycles. The van der Waals surface area contributed by atoms with Crippen molar-refractivity contribution < 1.29 is 33.8 Å². The summed E-state index contributed by atoms with van der Waals surface area (Å²) in [7, 11) is 0. The fraction of sp³-hybridized carbons (Fsp3) is 0.308. The van der Waals surface area contributed by atoms with Crippen molar-refractivity contribution in [2.24, 2.45) is 0 Å². The van der Waals surface area contributed by atoms with Crippen LogP contribution in [0.1, 0.15) is 60.5 Å². The molecule has 0 saturated carbocycles. The van der Waals surface area contributed by atoms with Gasteiger partial charge in [-0.1, -0.05) is 12.1 Å². The summed E-state index contributed by atoms with van der Waals surface area (Å²) in [4.78, 5) is 60.6. The van der Waals surface area contributed by atoms with Crippen LogP contribution >= 0.6 is 22.7 Å². The number of anilines is 2. The number of aliphatic hydroxyl groups excluding tert-OH is 2. The van der Waals surface area contributed by atoms with Crippen LogP contribution in [0.2, 0.25) is 0 Å². The van der Waals surface area contributed by atoms with Gasteiger partial charge in [-0.3, -0.25) is 19.2 Å². The monoisotopic (exact) mass is 753 g/mol. The van der Waals surface area contributed by atoms with Crippen molar-refractivity contribution >= 4 is 57.7 Å². The number of amides is 4. The summed E-state index contributed by atoms with van der Waals surface area (Å²) >= 11 is 2.66. The van der Waals surface area contributed by atoms with Gasteiger partial charge in [-0.15, -0.1) is 22.7 Å². The molecular formula is C39H39N5O7S2. The lowest BCUT2D eigenvalue weighted by Crippen LogP contribution is -2.40. The van der Waals surface area contributed by atoms with Crippen LogP contribution in [0.4, 0.5) is 11.4 Å². The first-order valence-corrected chi connectivity index (χ1v) is 19.3. The smallest absolute Gasteiger partial charge is 0.257 e. The molecule has 12 nitrogen and oxygen atoms in total. The van der Waals surface area contributed by atoms with Gasteiger partial charge in [-0.25, -0.2) is 4.98 Å². The average Bonchev–Trinajstić information content (AvgIpc) is 4.01. The molecule has 0 radical (unpaired) electrons. The maximum absolute atomic E-state index is 12.9. The highest BCUT2D eigenvalue weighted by Crippen LogP contribution is 2.31. The zero-order valence-electron chi connectivity index (χ0n) is 28.7. The van der Waals surface area contributed by atoms with Gasteiger partial charge >= 0.3 is 0 Å². The zero-order chi connectivity index (χ0) is 36.9. The third-order valence-corrected chi connectivity index (χ3v) is 11.5. The summed E-state index contributed by atoms with van der Waals surface area (Å²) in [6, 6.07) is 20.8. The molecule has 53 heavy (non-hydrogen) atoms. The first-order chi connectivity index (χ1) is 25.7. The van der Waals surface area contributed by atoms with E-state index in [2.05, 4.69) is 15.6 Å². The molecule has 2 aliphatic heterocycles. The summed E-state index contributed by atoms with van der Waals surface area (Å²) in [6.45, 7) is 1.03. The van der Waals surface area contributed by atoms with Crippen molar-refractivity contribution in [1.29, 1.82) is 0 Å². The van der Waals surface area contributed by atoms with E-state index >= 15 is 0 Å². The van der Waals surface area contributed by atoms with E-state index in [1.54, 1.807) is 76.7 Å². The Kier molecular flexibility index (Phi) is 11.1. The first-order valence-electron chi connectivity index (χ1n) is 17.5. The van der Waals surface area contributed by atoms with Gasteiger partial charge in [0.15, 0.2) is 18.0 Å². The van der Waals surface area contributed by atoms with Crippen LogP contribution in [0, 0.1) is 0 Å². The molecular weight excluding hydrogens is 715 g/mol. The van der Waals surface area contributed by atoms with E-state index in [4.69, 9.17) is 4.42 Å². The molecule has 4 amide bonds. The summed E-state index contributed by atoms with van der Waals surface area (Å²) in [5.41, 5.74) is 2.69. The number of hydrogen-bond acceptors (Lipinski definition) is 10. The van der Waals surface area contributed by atoms with Crippen molar-refractivity contribution in [3.8, 4) is 22.8 Å². The lowest BCUT2D eigenvalue weighted by atomic mass is 10.1. The standard InChI is InChI=1S/C39H39N5O7S2/c45-33(21-28-5-1-17-43(28)38(49)35(47)31-7-3-19-52-31)41-26-13-9-24(10-14-26)30-23-40-37(51-30)25-11-15-27(16-12-25)42-34(46)22-29-6-2-18-44(29)39(50)36(48)32-8-4-20-53-32/h3-4,7-16,19-20,23,28-29,35-36,47-48H,1-2,5-6,17-18,21-22H2,(H,41,45)(H,42,46)/t28-,29-,35?,36?/m0/s1. The predicted molar refractivity (Wildman–Crippen MR) is 202 cm³/mol. The predicted octanol–water partition coefficient (Wildman–Crippen LogP) is 6.24. The normalized spacial score (nSPS) is 18.2. The van der Waals surface area contributed by atoms with Gasteiger partial charge in [0.2, 0.25) is 17.7 Å². The number of hydrogen-bond donors (Lipinski definition) is 4. The SMILES string of the molecule is O=C(C[C@@H]1CCCN1C(=O)C(O)c1cccs1)Nc1ccc(-c2cnc(-c3ccc(NC(=O)C[C@@H]4CCCN4C(=O)C(O)c4cccs4)cc3)o2)cc1. The second-order valence-corrected chi connectivity index (χ2v) is 15.1. The van der Waals surface area contributed by atoms with Crippen molar-refractivity contribution in [3.05, 3.63) is 99.5 Å². The number of benzene rings is 2. The molecule has 274 valence electrons. The molecule has 2 saturated heterocycles. The highest BCUT2D eigenvalue weighted by atomic mass is 32.1. The number of oxazole rings is 1.